The molecule has 0 aromatic heterocycles. The largest absolute Gasteiger partial charge is 0.478 e. The van der Waals surface area contributed by atoms with Gasteiger partial charge in [0.25, 0.3) is 0 Å². The van der Waals surface area contributed by atoms with Crippen molar-refractivity contribution < 1.29 is 23.1 Å². The van der Waals surface area contributed by atoms with Gasteiger partial charge in [-0.05, 0) is 29.7 Å². The lowest BCUT2D eigenvalue weighted by atomic mass is 10.1. The average Bonchev–Trinajstić information content (AvgIpc) is 2.66. The van der Waals surface area contributed by atoms with Crippen LogP contribution < -0.4 is 10.6 Å². The molecule has 0 fully saturated rings. The number of carboxylic acid groups (broad SMARTS) is 1. The minimum atomic E-state index is -3.25. The predicted molar refractivity (Wildman–Crippen MR) is 102 cm³/mol. The van der Waals surface area contributed by atoms with Crippen molar-refractivity contribution >= 4 is 21.8 Å². The van der Waals surface area contributed by atoms with Gasteiger partial charge in [-0.1, -0.05) is 42.5 Å². The molecule has 7 nitrogen and oxygen atoms in total. The molecule has 0 radical (unpaired) electrons. The zero-order chi connectivity index (χ0) is 19.7. The first-order valence-electron chi connectivity index (χ1n) is 8.44. The third kappa shape index (κ3) is 7.49. The fourth-order valence-electron chi connectivity index (χ4n) is 2.35. The number of carboxylic acids is 1. The molecule has 0 heterocycles. The first kappa shape index (κ1) is 20.4. The van der Waals surface area contributed by atoms with Crippen LogP contribution in [0, 0.1) is 0 Å². The molecule has 0 aliphatic carbocycles. The summed E-state index contributed by atoms with van der Waals surface area (Å²) in [6.07, 6.45) is 0.446. The predicted octanol–water partition coefficient (Wildman–Crippen LogP) is 1.84. The zero-order valence-electron chi connectivity index (χ0n) is 14.7. The highest BCUT2D eigenvalue weighted by molar-refractivity contribution is 7.91. The Kier molecular flexibility index (Phi) is 7.36. The number of nitrogens with one attached hydrogen (secondary N) is 2. The Morgan fingerprint density at radius 3 is 2.15 bits per heavy atom. The first-order valence-corrected chi connectivity index (χ1v) is 10.3. The van der Waals surface area contributed by atoms with Crippen LogP contribution in [0.3, 0.4) is 0 Å². The second-order valence-electron chi connectivity index (χ2n) is 6.00. The number of sulfone groups is 1. The highest BCUT2D eigenvalue weighted by Gasteiger charge is 2.12. The summed E-state index contributed by atoms with van der Waals surface area (Å²) in [6, 6.07) is 15.0. The normalized spacial score (nSPS) is 11.0. The third-order valence-electron chi connectivity index (χ3n) is 3.90. The van der Waals surface area contributed by atoms with E-state index in [1.165, 1.54) is 12.1 Å². The summed E-state index contributed by atoms with van der Waals surface area (Å²) in [7, 11) is -3.25. The van der Waals surface area contributed by atoms with E-state index in [4.69, 9.17) is 5.11 Å². The van der Waals surface area contributed by atoms with Gasteiger partial charge in [0.15, 0.2) is 9.84 Å². The van der Waals surface area contributed by atoms with Crippen molar-refractivity contribution in [2.45, 2.75) is 13.0 Å². The van der Waals surface area contributed by atoms with Crippen LogP contribution in [-0.2, 0) is 22.8 Å². The van der Waals surface area contributed by atoms with Crippen molar-refractivity contribution in [1.29, 1.82) is 0 Å². The molecule has 0 aliphatic heterocycles. The summed E-state index contributed by atoms with van der Waals surface area (Å²) in [5.74, 6) is -1.10. The Morgan fingerprint density at radius 1 is 0.852 bits per heavy atom. The van der Waals surface area contributed by atoms with Gasteiger partial charge >= 0.3 is 12.0 Å². The molecular formula is C19H22N2O5S. The standard InChI is InChI=1S/C19H22N2O5S/c22-18(23)17-8-6-16(7-9-17)14-21-19(24)20-11-13-27(25,26)12-10-15-4-2-1-3-5-15/h1-9H,10-14H2,(H,22,23)(H2,20,21,24). The second-order valence-corrected chi connectivity index (χ2v) is 8.30. The summed E-state index contributed by atoms with van der Waals surface area (Å²) in [4.78, 5) is 22.5. The molecule has 0 aliphatic rings. The van der Waals surface area contributed by atoms with Gasteiger partial charge in [-0.3, -0.25) is 0 Å². The number of carbonyl (C=O) groups excluding carboxylic acids is 1. The molecule has 0 unspecified atom stereocenters. The number of carbonyl (C=O) groups is 2. The number of hydrogen-bond donors (Lipinski definition) is 3. The van der Waals surface area contributed by atoms with E-state index < -0.39 is 21.8 Å². The lowest BCUT2D eigenvalue weighted by Crippen LogP contribution is -2.38. The molecule has 0 saturated heterocycles. The van der Waals surface area contributed by atoms with Gasteiger partial charge < -0.3 is 15.7 Å². The Bertz CT molecular complexity index is 865. The molecule has 144 valence electrons. The number of aryl methyl sites for hydroxylation is 1. The molecule has 2 aromatic carbocycles. The first-order chi connectivity index (χ1) is 12.9. The van der Waals surface area contributed by atoms with Crippen LogP contribution in [0.4, 0.5) is 4.79 Å². The van der Waals surface area contributed by atoms with Gasteiger partial charge in [-0.25, -0.2) is 18.0 Å². The molecule has 0 saturated carbocycles. The Labute approximate surface area is 158 Å². The van der Waals surface area contributed by atoms with Gasteiger partial charge in [0.05, 0.1) is 17.1 Å². The van der Waals surface area contributed by atoms with Crippen LogP contribution in [0.2, 0.25) is 0 Å². The molecule has 0 atom stereocenters. The maximum absolute atomic E-state index is 12.0. The molecule has 2 rings (SSSR count). The SMILES string of the molecule is O=C(NCCS(=O)(=O)CCc1ccccc1)NCc1ccc(C(=O)O)cc1. The fourth-order valence-corrected chi connectivity index (χ4v) is 3.51. The van der Waals surface area contributed by atoms with E-state index in [1.54, 1.807) is 12.1 Å². The molecule has 2 amide bonds. The van der Waals surface area contributed by atoms with Crippen LogP contribution in [0.15, 0.2) is 54.6 Å². The van der Waals surface area contributed by atoms with Gasteiger partial charge in [0, 0.05) is 13.1 Å². The number of benzene rings is 2. The number of aromatic carboxylic acids is 1. The number of urea groups is 1. The summed E-state index contributed by atoms with van der Waals surface area (Å²) in [5.41, 5.74) is 1.87. The van der Waals surface area contributed by atoms with Crippen molar-refractivity contribution in [3.8, 4) is 0 Å². The molecule has 8 heteroatoms. The Morgan fingerprint density at radius 2 is 1.52 bits per heavy atom. The van der Waals surface area contributed by atoms with Gasteiger partial charge in [0.2, 0.25) is 0 Å². The van der Waals surface area contributed by atoms with Crippen molar-refractivity contribution in [3.05, 3.63) is 71.3 Å². The van der Waals surface area contributed by atoms with E-state index in [0.29, 0.717) is 6.42 Å². The van der Waals surface area contributed by atoms with Crippen LogP contribution in [-0.4, -0.2) is 43.6 Å². The zero-order valence-corrected chi connectivity index (χ0v) is 15.5. The summed E-state index contributed by atoms with van der Waals surface area (Å²) in [6.45, 7) is 0.243. The number of rotatable bonds is 9. The van der Waals surface area contributed by atoms with Crippen molar-refractivity contribution in [3.63, 3.8) is 0 Å². The number of hydrogen-bond acceptors (Lipinski definition) is 4. The summed E-state index contributed by atoms with van der Waals surface area (Å²) >= 11 is 0. The molecule has 0 spiro atoms. The minimum Gasteiger partial charge on any atom is -0.478 e. The van der Waals surface area contributed by atoms with E-state index >= 15 is 0 Å². The molecule has 3 N–H and O–H groups in total. The van der Waals surface area contributed by atoms with E-state index in [1.807, 2.05) is 30.3 Å². The van der Waals surface area contributed by atoms with Gasteiger partial charge in [0.1, 0.15) is 0 Å². The lowest BCUT2D eigenvalue weighted by molar-refractivity contribution is 0.0697. The van der Waals surface area contributed by atoms with Crippen molar-refractivity contribution in [2.75, 3.05) is 18.1 Å². The van der Waals surface area contributed by atoms with Crippen LogP contribution in [0.5, 0.6) is 0 Å². The monoisotopic (exact) mass is 390 g/mol. The highest BCUT2D eigenvalue weighted by Crippen LogP contribution is 2.04. The van der Waals surface area contributed by atoms with Crippen molar-refractivity contribution in [2.24, 2.45) is 0 Å². The third-order valence-corrected chi connectivity index (χ3v) is 5.55. The van der Waals surface area contributed by atoms with Gasteiger partial charge in [-0.2, -0.15) is 0 Å². The van der Waals surface area contributed by atoms with Crippen LogP contribution in [0.1, 0.15) is 21.5 Å². The smallest absolute Gasteiger partial charge is 0.335 e. The van der Waals surface area contributed by atoms with Crippen molar-refractivity contribution in [1.82, 2.24) is 10.6 Å². The fraction of sp³-hybridized carbons (Fsp3) is 0.263. The lowest BCUT2D eigenvalue weighted by Gasteiger charge is -2.09. The maximum atomic E-state index is 12.0. The Balaban J connectivity index is 1.68. The quantitative estimate of drug-likeness (QED) is 0.605. The Hall–Kier alpha value is -2.87. The van der Waals surface area contributed by atoms with E-state index in [0.717, 1.165) is 11.1 Å². The summed E-state index contributed by atoms with van der Waals surface area (Å²) < 4.78 is 24.1. The highest BCUT2D eigenvalue weighted by atomic mass is 32.2. The maximum Gasteiger partial charge on any atom is 0.335 e. The molecular weight excluding hydrogens is 368 g/mol. The minimum absolute atomic E-state index is 0.0287. The van der Waals surface area contributed by atoms with Crippen LogP contribution in [0.25, 0.3) is 0 Å². The van der Waals surface area contributed by atoms with E-state index in [2.05, 4.69) is 10.6 Å². The summed E-state index contributed by atoms with van der Waals surface area (Å²) in [5, 5.41) is 13.9. The van der Waals surface area contributed by atoms with Gasteiger partial charge in [-0.15, -0.1) is 0 Å². The average molecular weight is 390 g/mol. The van der Waals surface area contributed by atoms with E-state index in [-0.39, 0.29) is 30.2 Å². The second kappa shape index (κ2) is 9.72. The molecule has 0 bridgehead atoms. The van der Waals surface area contributed by atoms with E-state index in [9.17, 15) is 18.0 Å². The topological polar surface area (TPSA) is 113 Å². The molecule has 27 heavy (non-hydrogen) atoms. The molecule has 2 aromatic rings. The number of amides is 2. The van der Waals surface area contributed by atoms with Crippen LogP contribution >= 0.6 is 0 Å².